The van der Waals surface area contributed by atoms with Gasteiger partial charge in [0.1, 0.15) is 0 Å². The zero-order valence-corrected chi connectivity index (χ0v) is 15.0. The highest BCUT2D eigenvalue weighted by Gasteiger charge is 2.35. The molecular weight excluding hydrogens is 369 g/mol. The van der Waals surface area contributed by atoms with Crippen LogP contribution in [0.15, 0.2) is 24.3 Å². The Morgan fingerprint density at radius 2 is 1.86 bits per heavy atom. The fraction of sp³-hybridized carbons (Fsp3) is 0.385. The SMILES string of the molecule is CCOC(=O)N[C@@H](NC(=S)Nc1ccc(C)cc1)C(Cl)(Cl)Cl. The third-order valence-corrected chi connectivity index (χ3v) is 3.32. The molecule has 0 heterocycles. The van der Waals surface area contributed by atoms with Crippen LogP contribution in [0, 0.1) is 6.92 Å². The van der Waals surface area contributed by atoms with Crippen molar-refractivity contribution in [3.8, 4) is 0 Å². The molecule has 122 valence electrons. The number of alkyl halides is 3. The van der Waals surface area contributed by atoms with Crippen molar-refractivity contribution in [1.29, 1.82) is 0 Å². The first-order valence-corrected chi connectivity index (χ1v) is 7.90. The van der Waals surface area contributed by atoms with Crippen LogP contribution < -0.4 is 16.0 Å². The molecule has 9 heteroatoms. The van der Waals surface area contributed by atoms with E-state index in [4.69, 9.17) is 51.8 Å². The number of carbonyl (C=O) groups is 1. The molecule has 1 rings (SSSR count). The minimum absolute atomic E-state index is 0.192. The van der Waals surface area contributed by atoms with E-state index in [-0.39, 0.29) is 11.7 Å². The molecule has 0 radical (unpaired) electrons. The number of halogens is 3. The molecule has 0 aliphatic heterocycles. The summed E-state index contributed by atoms with van der Waals surface area (Å²) in [5.41, 5.74) is 1.88. The van der Waals surface area contributed by atoms with Crippen molar-refractivity contribution in [1.82, 2.24) is 10.6 Å². The second-order valence-electron chi connectivity index (χ2n) is 4.30. The summed E-state index contributed by atoms with van der Waals surface area (Å²) in [7, 11) is 0. The monoisotopic (exact) mass is 383 g/mol. The van der Waals surface area contributed by atoms with Gasteiger partial charge in [0.05, 0.1) is 6.61 Å². The molecule has 0 bridgehead atoms. The van der Waals surface area contributed by atoms with E-state index in [1.807, 2.05) is 31.2 Å². The quantitative estimate of drug-likeness (QED) is 0.419. The van der Waals surface area contributed by atoms with Crippen molar-refractivity contribution < 1.29 is 9.53 Å². The topological polar surface area (TPSA) is 62.4 Å². The van der Waals surface area contributed by atoms with Crippen LogP contribution in [0.3, 0.4) is 0 Å². The van der Waals surface area contributed by atoms with Crippen LogP contribution in [0.5, 0.6) is 0 Å². The molecule has 3 N–H and O–H groups in total. The molecule has 0 aliphatic rings. The summed E-state index contributed by atoms with van der Waals surface area (Å²) in [6.07, 6.45) is -1.77. The number of aryl methyl sites for hydroxylation is 1. The predicted octanol–water partition coefficient (Wildman–Crippen LogP) is 3.72. The Morgan fingerprint density at radius 3 is 2.36 bits per heavy atom. The zero-order chi connectivity index (χ0) is 16.8. The Labute approximate surface area is 149 Å². The van der Waals surface area contributed by atoms with E-state index in [0.717, 1.165) is 11.3 Å². The number of benzene rings is 1. The molecular formula is C13H16Cl3N3O2S. The summed E-state index contributed by atoms with van der Waals surface area (Å²) in [5, 5.41) is 8.23. The van der Waals surface area contributed by atoms with E-state index in [1.54, 1.807) is 6.92 Å². The summed E-state index contributed by atoms with van der Waals surface area (Å²) in [5.74, 6) is 0. The summed E-state index contributed by atoms with van der Waals surface area (Å²) < 4.78 is 2.94. The fourth-order valence-electron chi connectivity index (χ4n) is 1.43. The highest BCUT2D eigenvalue weighted by molar-refractivity contribution is 7.80. The molecule has 0 spiro atoms. The lowest BCUT2D eigenvalue weighted by Crippen LogP contribution is -2.56. The molecule has 5 nitrogen and oxygen atoms in total. The molecule has 0 saturated carbocycles. The number of ether oxygens (including phenoxy) is 1. The molecule has 22 heavy (non-hydrogen) atoms. The van der Waals surface area contributed by atoms with Gasteiger partial charge in [-0.3, -0.25) is 5.32 Å². The van der Waals surface area contributed by atoms with Crippen molar-refractivity contribution in [3.05, 3.63) is 29.8 Å². The normalized spacial score (nSPS) is 12.2. The maximum atomic E-state index is 11.5. The smallest absolute Gasteiger partial charge is 0.408 e. The number of amides is 1. The average Bonchev–Trinajstić information content (AvgIpc) is 2.40. The van der Waals surface area contributed by atoms with Crippen molar-refractivity contribution >= 4 is 63.9 Å². The van der Waals surface area contributed by atoms with E-state index in [0.29, 0.717) is 0 Å². The van der Waals surface area contributed by atoms with Crippen LogP contribution in [0.25, 0.3) is 0 Å². The van der Waals surface area contributed by atoms with E-state index in [2.05, 4.69) is 16.0 Å². The van der Waals surface area contributed by atoms with Crippen LogP contribution in [-0.2, 0) is 4.74 Å². The van der Waals surface area contributed by atoms with Gasteiger partial charge in [0.2, 0.25) is 3.79 Å². The average molecular weight is 385 g/mol. The van der Waals surface area contributed by atoms with Crippen molar-refractivity contribution in [2.24, 2.45) is 0 Å². The lowest BCUT2D eigenvalue weighted by atomic mass is 10.2. The molecule has 0 aliphatic carbocycles. The zero-order valence-electron chi connectivity index (χ0n) is 12.0. The maximum Gasteiger partial charge on any atom is 0.408 e. The van der Waals surface area contributed by atoms with Crippen molar-refractivity contribution in [3.63, 3.8) is 0 Å². The first-order chi connectivity index (χ1) is 10.2. The Hall–Kier alpha value is -0.950. The van der Waals surface area contributed by atoms with Gasteiger partial charge in [-0.05, 0) is 38.2 Å². The largest absolute Gasteiger partial charge is 0.450 e. The number of anilines is 1. The first-order valence-electron chi connectivity index (χ1n) is 6.36. The van der Waals surface area contributed by atoms with Crippen molar-refractivity contribution in [2.75, 3.05) is 11.9 Å². The molecule has 0 fully saturated rings. The summed E-state index contributed by atoms with van der Waals surface area (Å²) in [6.45, 7) is 3.84. The lowest BCUT2D eigenvalue weighted by Gasteiger charge is -2.27. The Bertz CT molecular complexity index is 520. The van der Waals surface area contributed by atoms with Gasteiger partial charge in [-0.15, -0.1) is 0 Å². The van der Waals surface area contributed by atoms with E-state index >= 15 is 0 Å². The van der Waals surface area contributed by atoms with Gasteiger partial charge in [-0.1, -0.05) is 52.5 Å². The third-order valence-electron chi connectivity index (χ3n) is 2.45. The van der Waals surface area contributed by atoms with Crippen LogP contribution in [0.4, 0.5) is 10.5 Å². The molecule has 0 saturated heterocycles. The molecule has 1 amide bonds. The summed E-state index contributed by atoms with van der Waals surface area (Å²) in [4.78, 5) is 11.5. The summed E-state index contributed by atoms with van der Waals surface area (Å²) in [6, 6.07) is 7.56. The number of alkyl carbamates (subject to hydrolysis) is 1. The lowest BCUT2D eigenvalue weighted by molar-refractivity contribution is 0.147. The Balaban J connectivity index is 2.66. The minimum atomic E-state index is -1.81. The standard InChI is InChI=1S/C13H16Cl3N3O2S/c1-3-21-12(20)19-10(13(14,15)16)18-11(22)17-9-6-4-8(2)5-7-9/h4-7,10H,3H2,1-2H3,(H,19,20)(H2,17,18,22)/t10-/m1/s1. The maximum absolute atomic E-state index is 11.5. The van der Waals surface area contributed by atoms with Crippen LogP contribution in [0.2, 0.25) is 0 Å². The van der Waals surface area contributed by atoms with Crippen LogP contribution in [0.1, 0.15) is 12.5 Å². The van der Waals surface area contributed by atoms with Gasteiger partial charge in [-0.25, -0.2) is 4.79 Å². The van der Waals surface area contributed by atoms with Crippen LogP contribution >= 0.6 is 47.0 Å². The van der Waals surface area contributed by atoms with Gasteiger partial charge in [-0.2, -0.15) is 0 Å². The number of thiocarbonyl (C=S) groups is 1. The van der Waals surface area contributed by atoms with Crippen molar-refractivity contribution in [2.45, 2.75) is 23.8 Å². The third kappa shape index (κ3) is 6.87. The fourth-order valence-corrected chi connectivity index (χ4v) is 1.99. The highest BCUT2D eigenvalue weighted by atomic mass is 35.6. The molecule has 0 aromatic heterocycles. The minimum Gasteiger partial charge on any atom is -0.450 e. The molecule has 1 atom stereocenters. The number of carbonyl (C=O) groups excluding carboxylic acids is 1. The second kappa shape index (κ2) is 8.62. The summed E-state index contributed by atoms with van der Waals surface area (Å²) >= 11 is 22.6. The van der Waals surface area contributed by atoms with E-state index < -0.39 is 16.1 Å². The number of hydrogen-bond acceptors (Lipinski definition) is 3. The number of hydrogen-bond donors (Lipinski definition) is 3. The highest BCUT2D eigenvalue weighted by Crippen LogP contribution is 2.29. The Morgan fingerprint density at radius 1 is 1.27 bits per heavy atom. The van der Waals surface area contributed by atoms with Gasteiger partial charge in [0.25, 0.3) is 0 Å². The molecule has 1 aromatic rings. The molecule has 0 unspecified atom stereocenters. The van der Waals surface area contributed by atoms with Gasteiger partial charge in [0.15, 0.2) is 11.3 Å². The van der Waals surface area contributed by atoms with Gasteiger partial charge < -0.3 is 15.4 Å². The first kappa shape index (κ1) is 19.1. The van der Waals surface area contributed by atoms with Crippen LogP contribution in [-0.4, -0.2) is 27.8 Å². The number of nitrogens with one attached hydrogen (secondary N) is 3. The van der Waals surface area contributed by atoms with Gasteiger partial charge >= 0.3 is 6.09 Å². The molecule has 1 aromatic carbocycles. The second-order valence-corrected chi connectivity index (χ2v) is 7.08. The van der Waals surface area contributed by atoms with E-state index in [9.17, 15) is 4.79 Å². The van der Waals surface area contributed by atoms with E-state index in [1.165, 1.54) is 0 Å². The number of rotatable bonds is 4. The Kier molecular flexibility index (Phi) is 7.48. The predicted molar refractivity (Wildman–Crippen MR) is 94.8 cm³/mol. The van der Waals surface area contributed by atoms with Gasteiger partial charge in [0, 0.05) is 5.69 Å².